The van der Waals surface area contributed by atoms with E-state index in [0.29, 0.717) is 42.4 Å². The SMILES string of the molecule is CCn1nc(C)cc1C(=O)Nc1nc2cc(C(N)=O)cc(C)c2n1CC=CCN. The predicted octanol–water partition coefficient (Wildman–Crippen LogP) is 1.74. The minimum Gasteiger partial charge on any atom is -0.366 e. The van der Waals surface area contributed by atoms with Gasteiger partial charge in [-0.05, 0) is 44.5 Å². The Hall–Kier alpha value is -3.46. The maximum atomic E-state index is 12.9. The van der Waals surface area contributed by atoms with Gasteiger partial charge < -0.3 is 16.0 Å². The van der Waals surface area contributed by atoms with E-state index in [1.807, 2.05) is 37.5 Å². The summed E-state index contributed by atoms with van der Waals surface area (Å²) in [5.41, 5.74) is 14.8. The van der Waals surface area contributed by atoms with Gasteiger partial charge in [-0.25, -0.2) is 4.98 Å². The van der Waals surface area contributed by atoms with E-state index in [-0.39, 0.29) is 5.91 Å². The third kappa shape index (κ3) is 4.04. The highest BCUT2D eigenvalue weighted by atomic mass is 16.2. The first-order valence-electron chi connectivity index (χ1n) is 9.37. The molecule has 0 bridgehead atoms. The third-order valence-corrected chi connectivity index (χ3v) is 4.57. The van der Waals surface area contributed by atoms with Crippen LogP contribution in [0.3, 0.4) is 0 Å². The molecule has 0 radical (unpaired) electrons. The highest BCUT2D eigenvalue weighted by Gasteiger charge is 2.19. The molecule has 0 fully saturated rings. The normalized spacial score (nSPS) is 11.4. The summed E-state index contributed by atoms with van der Waals surface area (Å²) in [5.74, 6) is -0.460. The number of anilines is 1. The van der Waals surface area contributed by atoms with E-state index < -0.39 is 5.91 Å². The lowest BCUT2D eigenvalue weighted by Crippen LogP contribution is -2.20. The van der Waals surface area contributed by atoms with Crippen LogP contribution in [0.25, 0.3) is 11.0 Å². The summed E-state index contributed by atoms with van der Waals surface area (Å²) < 4.78 is 3.52. The van der Waals surface area contributed by atoms with E-state index in [1.54, 1.807) is 22.9 Å². The van der Waals surface area contributed by atoms with Crippen LogP contribution in [0.2, 0.25) is 0 Å². The van der Waals surface area contributed by atoms with Crippen molar-refractivity contribution in [2.45, 2.75) is 33.9 Å². The van der Waals surface area contributed by atoms with Crippen LogP contribution in [0, 0.1) is 13.8 Å². The van der Waals surface area contributed by atoms with Crippen molar-refractivity contribution in [1.82, 2.24) is 19.3 Å². The topological polar surface area (TPSA) is 134 Å². The number of allylic oxidation sites excluding steroid dienone is 1. The third-order valence-electron chi connectivity index (χ3n) is 4.57. The zero-order chi connectivity index (χ0) is 21.1. The molecular weight excluding hydrogens is 370 g/mol. The van der Waals surface area contributed by atoms with E-state index in [9.17, 15) is 9.59 Å². The molecule has 0 unspecified atom stereocenters. The summed E-state index contributed by atoms with van der Waals surface area (Å²) in [6, 6.07) is 5.08. The van der Waals surface area contributed by atoms with Crippen LogP contribution in [0.4, 0.5) is 5.95 Å². The summed E-state index contributed by atoms with van der Waals surface area (Å²) in [4.78, 5) is 29.1. The van der Waals surface area contributed by atoms with Gasteiger partial charge in [0, 0.05) is 25.2 Å². The lowest BCUT2D eigenvalue weighted by Gasteiger charge is -2.10. The van der Waals surface area contributed by atoms with E-state index in [0.717, 1.165) is 16.8 Å². The molecule has 0 aliphatic rings. The first-order valence-corrected chi connectivity index (χ1v) is 9.37. The van der Waals surface area contributed by atoms with Crippen LogP contribution < -0.4 is 16.8 Å². The maximum absolute atomic E-state index is 12.9. The Balaban J connectivity index is 2.08. The van der Waals surface area contributed by atoms with E-state index in [4.69, 9.17) is 11.5 Å². The highest BCUT2D eigenvalue weighted by Crippen LogP contribution is 2.25. The molecule has 3 aromatic rings. The molecule has 0 saturated carbocycles. The van der Waals surface area contributed by atoms with Crippen LogP contribution in [-0.2, 0) is 13.1 Å². The largest absolute Gasteiger partial charge is 0.366 e. The molecule has 1 aromatic carbocycles. The van der Waals surface area contributed by atoms with Gasteiger partial charge in [-0.1, -0.05) is 12.2 Å². The molecule has 0 atom stereocenters. The molecule has 0 aliphatic carbocycles. The number of aryl methyl sites for hydroxylation is 3. The summed E-state index contributed by atoms with van der Waals surface area (Å²) in [5, 5.41) is 7.19. The Bertz CT molecular complexity index is 1110. The number of benzene rings is 1. The Labute approximate surface area is 168 Å². The molecular formula is C20H25N7O2. The molecule has 0 saturated heterocycles. The van der Waals surface area contributed by atoms with Crippen molar-refractivity contribution in [2.75, 3.05) is 11.9 Å². The molecule has 152 valence electrons. The second kappa shape index (κ2) is 8.27. The molecule has 2 amide bonds. The van der Waals surface area contributed by atoms with Crippen LogP contribution in [0.5, 0.6) is 0 Å². The average molecular weight is 395 g/mol. The van der Waals surface area contributed by atoms with Crippen LogP contribution >= 0.6 is 0 Å². The van der Waals surface area contributed by atoms with Gasteiger partial charge in [0.05, 0.1) is 16.7 Å². The Morgan fingerprint density at radius 3 is 2.62 bits per heavy atom. The summed E-state index contributed by atoms with van der Waals surface area (Å²) in [7, 11) is 0. The monoisotopic (exact) mass is 395 g/mol. The quantitative estimate of drug-likeness (QED) is 0.524. The Kier molecular flexibility index (Phi) is 5.79. The summed E-state index contributed by atoms with van der Waals surface area (Å²) >= 11 is 0. The number of hydrogen-bond donors (Lipinski definition) is 3. The van der Waals surface area contributed by atoms with E-state index in [2.05, 4.69) is 15.4 Å². The smallest absolute Gasteiger partial charge is 0.276 e. The van der Waals surface area contributed by atoms with Gasteiger partial charge >= 0.3 is 0 Å². The Morgan fingerprint density at radius 1 is 1.21 bits per heavy atom. The van der Waals surface area contributed by atoms with Gasteiger partial charge in [0.15, 0.2) is 0 Å². The summed E-state index contributed by atoms with van der Waals surface area (Å²) in [6.45, 7) is 7.09. The van der Waals surface area contributed by atoms with Gasteiger partial charge in [0.2, 0.25) is 11.9 Å². The van der Waals surface area contributed by atoms with Crippen molar-refractivity contribution in [2.24, 2.45) is 11.5 Å². The number of imidazole rings is 1. The first-order chi connectivity index (χ1) is 13.8. The maximum Gasteiger partial charge on any atom is 0.276 e. The second-order valence-electron chi connectivity index (χ2n) is 6.72. The highest BCUT2D eigenvalue weighted by molar-refractivity contribution is 6.03. The fourth-order valence-electron chi connectivity index (χ4n) is 3.30. The minimum atomic E-state index is -0.527. The Morgan fingerprint density at radius 2 is 1.97 bits per heavy atom. The van der Waals surface area contributed by atoms with Gasteiger partial charge in [0.1, 0.15) is 5.69 Å². The number of fused-ring (bicyclic) bond motifs is 1. The van der Waals surface area contributed by atoms with Gasteiger partial charge in [-0.3, -0.25) is 19.6 Å². The zero-order valence-electron chi connectivity index (χ0n) is 16.8. The number of carbonyl (C=O) groups is 2. The molecule has 5 N–H and O–H groups in total. The predicted molar refractivity (Wildman–Crippen MR) is 112 cm³/mol. The first kappa shape index (κ1) is 20.3. The lowest BCUT2D eigenvalue weighted by atomic mass is 10.1. The fourth-order valence-corrected chi connectivity index (χ4v) is 3.30. The van der Waals surface area contributed by atoms with Crippen LogP contribution in [0.15, 0.2) is 30.4 Å². The van der Waals surface area contributed by atoms with Crippen molar-refractivity contribution in [1.29, 1.82) is 0 Å². The average Bonchev–Trinajstić information content (AvgIpc) is 3.22. The molecule has 2 aromatic heterocycles. The summed E-state index contributed by atoms with van der Waals surface area (Å²) in [6.07, 6.45) is 3.73. The van der Waals surface area contributed by atoms with E-state index >= 15 is 0 Å². The number of nitrogens with one attached hydrogen (secondary N) is 1. The molecule has 3 rings (SSSR count). The van der Waals surface area contributed by atoms with Gasteiger partial charge in [-0.2, -0.15) is 5.10 Å². The lowest BCUT2D eigenvalue weighted by molar-refractivity contribution is 0.0996. The molecule has 29 heavy (non-hydrogen) atoms. The van der Waals surface area contributed by atoms with Crippen molar-refractivity contribution in [3.63, 3.8) is 0 Å². The van der Waals surface area contributed by atoms with Gasteiger partial charge in [0.25, 0.3) is 5.91 Å². The van der Waals surface area contributed by atoms with Crippen molar-refractivity contribution < 1.29 is 9.59 Å². The fraction of sp³-hybridized carbons (Fsp3) is 0.300. The van der Waals surface area contributed by atoms with E-state index in [1.165, 1.54) is 0 Å². The molecule has 2 heterocycles. The van der Waals surface area contributed by atoms with Crippen LogP contribution in [-0.4, -0.2) is 37.7 Å². The number of nitrogens with two attached hydrogens (primary N) is 2. The van der Waals surface area contributed by atoms with Crippen LogP contribution in [0.1, 0.15) is 39.0 Å². The zero-order valence-corrected chi connectivity index (χ0v) is 16.8. The number of rotatable bonds is 7. The molecule has 0 spiro atoms. The molecule has 0 aliphatic heterocycles. The van der Waals surface area contributed by atoms with Crippen molar-refractivity contribution >= 4 is 28.8 Å². The number of amides is 2. The molecule has 9 nitrogen and oxygen atoms in total. The number of aromatic nitrogens is 4. The number of nitrogens with zero attached hydrogens (tertiary/aromatic N) is 4. The minimum absolute atomic E-state index is 0.306. The number of hydrogen-bond acceptors (Lipinski definition) is 5. The number of primary amides is 1. The standard InChI is InChI=1S/C20H25N7O2/c1-4-27-16(10-13(3)25-27)19(29)24-20-23-15-11-14(18(22)28)9-12(2)17(15)26(20)8-6-5-7-21/h5-6,9-11H,4,7-8,21H2,1-3H3,(H2,22,28)(H,23,24,29). The molecule has 9 heteroatoms. The van der Waals surface area contributed by atoms with Crippen molar-refractivity contribution in [3.8, 4) is 0 Å². The number of carbonyl (C=O) groups excluding carboxylic acids is 2. The van der Waals surface area contributed by atoms with Gasteiger partial charge in [-0.15, -0.1) is 0 Å². The second-order valence-corrected chi connectivity index (χ2v) is 6.72. The van der Waals surface area contributed by atoms with Crippen molar-refractivity contribution in [3.05, 3.63) is 52.9 Å².